The van der Waals surface area contributed by atoms with E-state index in [0.29, 0.717) is 24.2 Å². The molecule has 0 aromatic rings. The van der Waals surface area contributed by atoms with Gasteiger partial charge in [0.1, 0.15) is 0 Å². The Morgan fingerprint density at radius 1 is 1.00 bits per heavy atom. The van der Waals surface area contributed by atoms with Crippen molar-refractivity contribution < 1.29 is 13.6 Å². The predicted molar refractivity (Wildman–Crippen MR) is 81.3 cm³/mol. The van der Waals surface area contributed by atoms with Gasteiger partial charge in [0.15, 0.2) is 0 Å². The summed E-state index contributed by atoms with van der Waals surface area (Å²) in [6, 6.07) is 0. The summed E-state index contributed by atoms with van der Waals surface area (Å²) < 4.78 is 23.7. The van der Waals surface area contributed by atoms with Gasteiger partial charge in [0, 0.05) is 18.8 Å². The summed E-state index contributed by atoms with van der Waals surface area (Å²) in [7, 11) is -3.32. The summed E-state index contributed by atoms with van der Waals surface area (Å²) >= 11 is 0. The maximum absolute atomic E-state index is 12.8. The number of hydrogen-bond donors (Lipinski definition) is 0. The molecule has 0 fully saturated rings. The molecule has 0 saturated carbocycles. The lowest BCUT2D eigenvalue weighted by atomic mass is 10.4. The van der Waals surface area contributed by atoms with Crippen LogP contribution in [-0.2, 0) is 13.6 Å². The molecule has 4 nitrogen and oxygen atoms in total. The van der Waals surface area contributed by atoms with E-state index < -0.39 is 7.60 Å². The molecule has 0 rings (SSSR count). The molecule has 0 saturated heterocycles. The molecule has 0 aliphatic rings. The second-order valence-corrected chi connectivity index (χ2v) is 6.28. The van der Waals surface area contributed by atoms with Crippen molar-refractivity contribution >= 4 is 7.60 Å². The van der Waals surface area contributed by atoms with Gasteiger partial charge in [0.05, 0.1) is 18.5 Å². The molecule has 19 heavy (non-hydrogen) atoms. The van der Waals surface area contributed by atoms with E-state index in [-0.39, 0.29) is 0 Å². The number of allylic oxidation sites excluding steroid dienone is 1. The molecule has 5 heteroatoms. The van der Waals surface area contributed by atoms with E-state index in [2.05, 4.69) is 13.2 Å². The van der Waals surface area contributed by atoms with Crippen LogP contribution in [0.25, 0.3) is 0 Å². The Hall–Kier alpha value is -0.570. The van der Waals surface area contributed by atoms with E-state index in [9.17, 15) is 4.57 Å². The Morgan fingerprint density at radius 3 is 1.74 bits per heavy atom. The van der Waals surface area contributed by atoms with Gasteiger partial charge in [0.25, 0.3) is 0 Å². The van der Waals surface area contributed by atoms with Crippen LogP contribution in [0.1, 0.15) is 40.5 Å². The van der Waals surface area contributed by atoms with Gasteiger partial charge in [-0.15, -0.1) is 0 Å². The maximum atomic E-state index is 12.8. The van der Waals surface area contributed by atoms with Crippen molar-refractivity contribution in [3.05, 3.63) is 24.2 Å². The molecular formula is C14H28NO3P. The SMILES string of the molecule is C=C(C(=C)P(=O)(OCCC)OCCC)N(CC)CC. The van der Waals surface area contributed by atoms with Crippen LogP contribution in [0.4, 0.5) is 0 Å². The zero-order valence-electron chi connectivity index (χ0n) is 12.8. The molecule has 112 valence electrons. The molecule has 0 aliphatic carbocycles. The molecule has 0 radical (unpaired) electrons. The molecule has 0 aromatic heterocycles. The van der Waals surface area contributed by atoms with E-state index in [0.717, 1.165) is 25.9 Å². The fourth-order valence-corrected chi connectivity index (χ4v) is 3.25. The number of nitrogens with zero attached hydrogens (tertiary/aromatic N) is 1. The molecule has 0 unspecified atom stereocenters. The molecule has 0 bridgehead atoms. The van der Waals surface area contributed by atoms with Gasteiger partial charge in [-0.3, -0.25) is 4.57 Å². The van der Waals surface area contributed by atoms with Gasteiger partial charge in [-0.2, -0.15) is 0 Å². The van der Waals surface area contributed by atoms with Crippen molar-refractivity contribution in [2.75, 3.05) is 26.3 Å². The van der Waals surface area contributed by atoms with Crippen molar-refractivity contribution in [2.24, 2.45) is 0 Å². The van der Waals surface area contributed by atoms with Crippen molar-refractivity contribution in [1.29, 1.82) is 0 Å². The standard InChI is InChI=1S/C14H28NO3P/c1-7-11-17-19(16,18-12-8-2)14(6)13(5)15(9-3)10-4/h5-12H2,1-4H3. The van der Waals surface area contributed by atoms with Gasteiger partial charge in [0.2, 0.25) is 0 Å². The van der Waals surface area contributed by atoms with E-state index in [1.165, 1.54) is 0 Å². The molecule has 0 aliphatic heterocycles. The highest BCUT2D eigenvalue weighted by Crippen LogP contribution is 2.58. The van der Waals surface area contributed by atoms with Gasteiger partial charge in [-0.05, 0) is 26.7 Å². The topological polar surface area (TPSA) is 38.8 Å². The summed E-state index contributed by atoms with van der Waals surface area (Å²) in [6.45, 7) is 18.2. The van der Waals surface area contributed by atoms with E-state index in [1.54, 1.807) is 0 Å². The molecule has 0 spiro atoms. The average Bonchev–Trinajstić information content (AvgIpc) is 2.43. The average molecular weight is 289 g/mol. The van der Waals surface area contributed by atoms with Gasteiger partial charge in [-0.1, -0.05) is 27.0 Å². The quantitative estimate of drug-likeness (QED) is 0.417. The summed E-state index contributed by atoms with van der Waals surface area (Å²) in [5.41, 5.74) is 0.639. The highest BCUT2D eigenvalue weighted by atomic mass is 31.2. The maximum Gasteiger partial charge on any atom is 0.362 e. The lowest BCUT2D eigenvalue weighted by molar-refractivity contribution is 0.209. The first-order valence-electron chi connectivity index (χ1n) is 6.99. The van der Waals surface area contributed by atoms with Crippen molar-refractivity contribution in [2.45, 2.75) is 40.5 Å². The van der Waals surface area contributed by atoms with E-state index >= 15 is 0 Å². The third-order valence-corrected chi connectivity index (χ3v) is 4.70. The second-order valence-electron chi connectivity index (χ2n) is 4.23. The lowest BCUT2D eigenvalue weighted by Gasteiger charge is -2.28. The van der Waals surface area contributed by atoms with Crippen LogP contribution in [0, 0.1) is 0 Å². The van der Waals surface area contributed by atoms with Gasteiger partial charge >= 0.3 is 7.60 Å². The van der Waals surface area contributed by atoms with Crippen LogP contribution in [0.2, 0.25) is 0 Å². The highest BCUT2D eigenvalue weighted by Gasteiger charge is 2.31. The molecule has 0 amide bonds. The van der Waals surface area contributed by atoms with E-state index in [1.807, 2.05) is 32.6 Å². The van der Waals surface area contributed by atoms with Crippen molar-refractivity contribution in [3.8, 4) is 0 Å². The number of likely N-dealkylation sites (N-methyl/N-ethyl adjacent to an activating group) is 1. The molecule has 0 aromatic carbocycles. The molecular weight excluding hydrogens is 261 g/mol. The zero-order chi connectivity index (χ0) is 14.9. The number of hydrogen-bond acceptors (Lipinski definition) is 4. The Morgan fingerprint density at radius 2 is 1.42 bits per heavy atom. The molecule has 0 N–H and O–H groups in total. The van der Waals surface area contributed by atoms with Gasteiger partial charge < -0.3 is 13.9 Å². The van der Waals surface area contributed by atoms with Crippen LogP contribution < -0.4 is 0 Å². The monoisotopic (exact) mass is 289 g/mol. The van der Waals surface area contributed by atoms with Gasteiger partial charge in [-0.25, -0.2) is 0 Å². The fraction of sp³-hybridized carbons (Fsp3) is 0.714. The Kier molecular flexibility index (Phi) is 9.07. The molecule has 0 heterocycles. The first kappa shape index (κ1) is 18.4. The van der Waals surface area contributed by atoms with Crippen LogP contribution in [0.3, 0.4) is 0 Å². The third kappa shape index (κ3) is 5.52. The zero-order valence-corrected chi connectivity index (χ0v) is 13.7. The first-order valence-corrected chi connectivity index (χ1v) is 8.53. The van der Waals surface area contributed by atoms with Crippen molar-refractivity contribution in [1.82, 2.24) is 4.90 Å². The fourth-order valence-electron chi connectivity index (χ4n) is 1.56. The minimum atomic E-state index is -3.32. The lowest BCUT2D eigenvalue weighted by Crippen LogP contribution is -2.23. The van der Waals surface area contributed by atoms with Crippen LogP contribution in [0.15, 0.2) is 24.2 Å². The summed E-state index contributed by atoms with van der Waals surface area (Å²) in [4.78, 5) is 2.00. The van der Waals surface area contributed by atoms with Crippen molar-refractivity contribution in [3.63, 3.8) is 0 Å². The Labute approximate surface area is 118 Å². The van der Waals surface area contributed by atoms with Crippen LogP contribution in [-0.4, -0.2) is 31.2 Å². The highest BCUT2D eigenvalue weighted by molar-refractivity contribution is 7.58. The Bertz CT molecular complexity index is 326. The minimum absolute atomic E-state index is 0.373. The molecule has 0 atom stereocenters. The predicted octanol–water partition coefficient (Wildman–Crippen LogP) is 4.40. The number of rotatable bonds is 11. The normalized spacial score (nSPS) is 11.4. The summed E-state index contributed by atoms with van der Waals surface area (Å²) in [6.07, 6.45) is 1.56. The second kappa shape index (κ2) is 9.35. The smallest absolute Gasteiger partial charge is 0.362 e. The van der Waals surface area contributed by atoms with E-state index in [4.69, 9.17) is 9.05 Å². The minimum Gasteiger partial charge on any atom is -0.372 e. The third-order valence-electron chi connectivity index (χ3n) is 2.74. The largest absolute Gasteiger partial charge is 0.372 e. The Balaban J connectivity index is 4.98. The summed E-state index contributed by atoms with van der Waals surface area (Å²) in [5.74, 6) is 0. The first-order chi connectivity index (χ1) is 8.96. The summed E-state index contributed by atoms with van der Waals surface area (Å²) in [5, 5.41) is 0.373. The van der Waals surface area contributed by atoms with Crippen LogP contribution in [0.5, 0.6) is 0 Å². The van der Waals surface area contributed by atoms with Crippen LogP contribution >= 0.6 is 7.60 Å².